The highest BCUT2D eigenvalue weighted by molar-refractivity contribution is 6.50. The van der Waals surface area contributed by atoms with Crippen molar-refractivity contribution in [2.24, 2.45) is 0 Å². The van der Waals surface area contributed by atoms with Crippen molar-refractivity contribution >= 4 is 118 Å². The zero-order chi connectivity index (χ0) is 30.0. The van der Waals surface area contributed by atoms with Crippen molar-refractivity contribution < 1.29 is 9.47 Å². The van der Waals surface area contributed by atoms with Crippen LogP contribution in [0.1, 0.15) is 0 Å². The van der Waals surface area contributed by atoms with Gasteiger partial charge in [-0.05, 0) is 155 Å². The normalized spacial score (nSPS) is 13.0. The van der Waals surface area contributed by atoms with Gasteiger partial charge in [0.1, 0.15) is 0 Å². The van der Waals surface area contributed by atoms with E-state index < -0.39 is 0 Å². The van der Waals surface area contributed by atoms with Crippen molar-refractivity contribution in [1.29, 1.82) is 0 Å². The smallest absolute Gasteiger partial charge is 0.161 e. The van der Waals surface area contributed by atoms with E-state index in [0.717, 1.165) is 11.5 Å². The minimum atomic E-state index is 0.762. The monoisotopic (exact) mass is 584 g/mol. The van der Waals surface area contributed by atoms with Gasteiger partial charge in [0.15, 0.2) is 11.5 Å². The standard InChI is InChI=1S/C44H24O2/c1-45-35-19-31-29-13-11-21-16-24-18-34-43-28-10-6-4-8-26(28)25-7-3-5-9-27(25)41(43)30-14-12-22-15-23-17-33(32(31)20-36(35)46-2)42(29)37(21)39(23)40(24)38(22)44(30)34/h3-20H,1-2H3. The Kier molecular flexibility index (Phi) is 3.92. The second kappa shape index (κ2) is 7.67. The van der Waals surface area contributed by atoms with Crippen LogP contribution in [-0.2, 0) is 0 Å². The Hall–Kier alpha value is -5.86. The van der Waals surface area contributed by atoms with E-state index in [1.54, 1.807) is 14.2 Å². The first-order chi connectivity index (χ1) is 22.7. The Bertz CT molecular complexity index is 3260. The Balaban J connectivity index is 1.36. The third kappa shape index (κ3) is 2.46. The first-order valence-electron chi connectivity index (χ1n) is 15.9. The average Bonchev–Trinajstić information content (AvgIpc) is 3.61. The highest BCUT2D eigenvalue weighted by Gasteiger charge is 2.25. The zero-order valence-corrected chi connectivity index (χ0v) is 25.2. The number of ether oxygens (including phenoxy) is 2. The Morgan fingerprint density at radius 3 is 1.28 bits per heavy atom. The summed E-state index contributed by atoms with van der Waals surface area (Å²) in [6.45, 7) is 0. The van der Waals surface area contributed by atoms with Crippen molar-refractivity contribution in [1.82, 2.24) is 0 Å². The molecule has 0 bridgehead atoms. The molecule has 0 aliphatic heterocycles. The lowest BCUT2D eigenvalue weighted by Gasteiger charge is -2.18. The molecule has 0 fully saturated rings. The average molecular weight is 585 g/mol. The number of hydrogen-bond acceptors (Lipinski definition) is 2. The van der Waals surface area contributed by atoms with E-state index in [9.17, 15) is 0 Å². The van der Waals surface area contributed by atoms with E-state index in [2.05, 4.69) is 109 Å². The number of methoxy groups -OCH3 is 2. The van der Waals surface area contributed by atoms with Crippen molar-refractivity contribution in [3.8, 4) is 11.5 Å². The second-order valence-electron chi connectivity index (χ2n) is 13.1. The molecule has 2 heteroatoms. The SMILES string of the molecule is COc1cc2c(cc1OC)c1cc3cc4ccc5c6c7ccccc7c7ccccc7c6c6cc7cc8ccc2c1c8c3c7c4c56. The molecule has 12 aromatic carbocycles. The summed E-state index contributed by atoms with van der Waals surface area (Å²) in [5.41, 5.74) is 0. The lowest BCUT2D eigenvalue weighted by atomic mass is 9.85. The van der Waals surface area contributed by atoms with Gasteiger partial charge in [0, 0.05) is 0 Å². The van der Waals surface area contributed by atoms with E-state index in [0.29, 0.717) is 0 Å². The van der Waals surface area contributed by atoms with Crippen LogP contribution in [0.2, 0.25) is 0 Å². The topological polar surface area (TPSA) is 18.5 Å². The van der Waals surface area contributed by atoms with Crippen molar-refractivity contribution in [3.63, 3.8) is 0 Å². The molecule has 46 heavy (non-hydrogen) atoms. The highest BCUT2D eigenvalue weighted by Crippen LogP contribution is 2.54. The van der Waals surface area contributed by atoms with Gasteiger partial charge in [-0.15, -0.1) is 0 Å². The molecule has 0 saturated heterocycles. The van der Waals surface area contributed by atoms with Gasteiger partial charge in [-0.25, -0.2) is 0 Å². The summed E-state index contributed by atoms with van der Waals surface area (Å²) >= 11 is 0. The number of hydrogen-bond donors (Lipinski definition) is 0. The lowest BCUT2D eigenvalue weighted by Crippen LogP contribution is -1.89. The fraction of sp³-hybridized carbons (Fsp3) is 0.0455. The highest BCUT2D eigenvalue weighted by atomic mass is 16.5. The summed E-state index contributed by atoms with van der Waals surface area (Å²) in [6.07, 6.45) is 0. The molecule has 0 radical (unpaired) electrons. The van der Waals surface area contributed by atoms with Gasteiger partial charge in [-0.1, -0.05) is 72.8 Å². The molecule has 0 amide bonds. The fourth-order valence-electron chi connectivity index (χ4n) is 9.43. The minimum absolute atomic E-state index is 0.762. The summed E-state index contributed by atoms with van der Waals surface area (Å²) in [5.74, 6) is 1.53. The molecule has 212 valence electrons. The van der Waals surface area contributed by atoms with Gasteiger partial charge >= 0.3 is 0 Å². The van der Waals surface area contributed by atoms with Crippen molar-refractivity contribution in [2.75, 3.05) is 14.2 Å². The van der Waals surface area contributed by atoms with Crippen LogP contribution in [0.5, 0.6) is 11.5 Å². The molecule has 12 aromatic rings. The van der Waals surface area contributed by atoms with E-state index in [4.69, 9.17) is 9.47 Å². The van der Waals surface area contributed by atoms with Gasteiger partial charge in [-0.2, -0.15) is 0 Å². The van der Waals surface area contributed by atoms with Gasteiger partial charge < -0.3 is 9.47 Å². The minimum Gasteiger partial charge on any atom is -0.493 e. The first-order valence-corrected chi connectivity index (χ1v) is 15.9. The van der Waals surface area contributed by atoms with Gasteiger partial charge in [0.25, 0.3) is 0 Å². The van der Waals surface area contributed by atoms with Crippen LogP contribution in [0.4, 0.5) is 0 Å². The van der Waals surface area contributed by atoms with E-state index in [1.807, 2.05) is 0 Å². The maximum atomic E-state index is 5.76. The summed E-state index contributed by atoms with van der Waals surface area (Å²) in [7, 11) is 3.43. The Morgan fingerprint density at radius 1 is 0.283 bits per heavy atom. The molecule has 0 N–H and O–H groups in total. The third-order valence-corrected chi connectivity index (χ3v) is 11.1. The maximum Gasteiger partial charge on any atom is 0.161 e. The molecule has 0 saturated carbocycles. The van der Waals surface area contributed by atoms with Crippen LogP contribution in [0.3, 0.4) is 0 Å². The molecule has 2 nitrogen and oxygen atoms in total. The Labute approximate surface area is 262 Å². The molecule has 0 spiro atoms. The van der Waals surface area contributed by atoms with Crippen molar-refractivity contribution in [2.45, 2.75) is 0 Å². The van der Waals surface area contributed by atoms with E-state index in [1.165, 1.54) is 118 Å². The third-order valence-electron chi connectivity index (χ3n) is 11.1. The van der Waals surface area contributed by atoms with Crippen molar-refractivity contribution in [3.05, 3.63) is 109 Å². The van der Waals surface area contributed by atoms with Crippen LogP contribution in [0, 0.1) is 0 Å². The summed E-state index contributed by atoms with van der Waals surface area (Å²) in [5, 5.41) is 29.2. The van der Waals surface area contributed by atoms with Gasteiger partial charge in [0.05, 0.1) is 14.2 Å². The summed E-state index contributed by atoms with van der Waals surface area (Å²) in [4.78, 5) is 0. The second-order valence-corrected chi connectivity index (χ2v) is 13.1. The molecule has 0 unspecified atom stereocenters. The molecule has 0 aromatic heterocycles. The first kappa shape index (κ1) is 23.5. The molecular weight excluding hydrogens is 560 g/mol. The quantitative estimate of drug-likeness (QED) is 0.149. The zero-order valence-electron chi connectivity index (χ0n) is 25.2. The molecule has 0 atom stereocenters. The van der Waals surface area contributed by atoms with Crippen LogP contribution in [0.25, 0.3) is 118 Å². The largest absolute Gasteiger partial charge is 0.493 e. The molecule has 0 heterocycles. The molecule has 0 aliphatic carbocycles. The van der Waals surface area contributed by atoms with E-state index >= 15 is 0 Å². The summed E-state index contributed by atoms with van der Waals surface area (Å²) < 4.78 is 11.5. The molecule has 0 aliphatic rings. The predicted octanol–water partition coefficient (Wildman–Crippen LogP) is 12.1. The summed E-state index contributed by atoms with van der Waals surface area (Å²) in [6, 6.07) is 41.4. The van der Waals surface area contributed by atoms with E-state index in [-0.39, 0.29) is 0 Å². The molecular formula is C44H24O2. The van der Waals surface area contributed by atoms with Crippen LogP contribution in [-0.4, -0.2) is 14.2 Å². The maximum absolute atomic E-state index is 5.76. The predicted molar refractivity (Wildman–Crippen MR) is 197 cm³/mol. The van der Waals surface area contributed by atoms with Gasteiger partial charge in [-0.3, -0.25) is 0 Å². The molecule has 12 rings (SSSR count). The number of rotatable bonds is 2. The van der Waals surface area contributed by atoms with Crippen LogP contribution in [0.15, 0.2) is 109 Å². The van der Waals surface area contributed by atoms with Gasteiger partial charge in [0.2, 0.25) is 0 Å². The number of benzene rings is 10. The lowest BCUT2D eigenvalue weighted by molar-refractivity contribution is 0.356. The van der Waals surface area contributed by atoms with Crippen LogP contribution >= 0.6 is 0 Å². The number of fused-ring (bicyclic) bond motifs is 11. The van der Waals surface area contributed by atoms with Crippen LogP contribution < -0.4 is 9.47 Å². The fourth-order valence-corrected chi connectivity index (χ4v) is 9.43. The Morgan fingerprint density at radius 2 is 0.696 bits per heavy atom.